The number of aromatic nitrogens is 1. The topological polar surface area (TPSA) is 24.9 Å². The predicted octanol–water partition coefficient (Wildman–Crippen LogP) is 4.04. The molecule has 20 heavy (non-hydrogen) atoms. The number of alkyl halides is 3. The molecular formula is C15H15F3N2. The highest BCUT2D eigenvalue weighted by Gasteiger charge is 2.41. The Morgan fingerprint density at radius 2 is 1.65 bits per heavy atom. The Balaban J connectivity index is 2.22. The van der Waals surface area contributed by atoms with Gasteiger partial charge in [0.1, 0.15) is 6.04 Å². The van der Waals surface area contributed by atoms with Crippen molar-refractivity contribution in [1.29, 1.82) is 0 Å². The number of hydrogen-bond acceptors (Lipinski definition) is 2. The van der Waals surface area contributed by atoms with Crippen molar-refractivity contribution in [3.8, 4) is 0 Å². The molecule has 5 heteroatoms. The monoisotopic (exact) mass is 280 g/mol. The number of nitrogens with zero attached hydrogens (tertiary/aromatic N) is 1. The molecule has 2 nitrogen and oxygen atoms in total. The SMILES string of the molecule is C[C@@H](NC(c1ccccc1)C(F)(F)F)c1cccnc1. The maximum absolute atomic E-state index is 13.2. The highest BCUT2D eigenvalue weighted by molar-refractivity contribution is 5.22. The Labute approximate surface area is 115 Å². The molecule has 0 saturated heterocycles. The lowest BCUT2D eigenvalue weighted by Gasteiger charge is -2.26. The van der Waals surface area contributed by atoms with Gasteiger partial charge < -0.3 is 0 Å². The third-order valence-corrected chi connectivity index (χ3v) is 3.06. The maximum atomic E-state index is 13.2. The molecule has 106 valence electrons. The van der Waals surface area contributed by atoms with E-state index in [4.69, 9.17) is 0 Å². The highest BCUT2D eigenvalue weighted by Crippen LogP contribution is 2.34. The zero-order valence-corrected chi connectivity index (χ0v) is 10.9. The van der Waals surface area contributed by atoms with Gasteiger partial charge in [-0.1, -0.05) is 36.4 Å². The van der Waals surface area contributed by atoms with Crippen LogP contribution in [0.4, 0.5) is 13.2 Å². The summed E-state index contributed by atoms with van der Waals surface area (Å²) >= 11 is 0. The van der Waals surface area contributed by atoms with E-state index in [-0.39, 0.29) is 5.56 Å². The number of benzene rings is 1. The molecule has 0 aliphatic carbocycles. The van der Waals surface area contributed by atoms with Crippen LogP contribution in [0.15, 0.2) is 54.9 Å². The van der Waals surface area contributed by atoms with Crippen molar-refractivity contribution in [1.82, 2.24) is 10.3 Å². The number of pyridine rings is 1. The number of hydrogen-bond donors (Lipinski definition) is 1. The molecule has 0 aliphatic rings. The summed E-state index contributed by atoms with van der Waals surface area (Å²) in [4.78, 5) is 3.93. The van der Waals surface area contributed by atoms with Crippen molar-refractivity contribution < 1.29 is 13.2 Å². The second kappa shape index (κ2) is 6.05. The molecule has 0 spiro atoms. The standard InChI is InChI=1S/C15H15F3N2/c1-11(13-8-5-9-19-10-13)20-14(15(16,17)18)12-6-3-2-4-7-12/h2-11,14,20H,1H3/t11-,14?/m1/s1. The first-order valence-electron chi connectivity index (χ1n) is 6.26. The molecule has 1 N–H and O–H groups in total. The number of halogens is 3. The largest absolute Gasteiger partial charge is 0.407 e. The van der Waals surface area contributed by atoms with Crippen molar-refractivity contribution >= 4 is 0 Å². The van der Waals surface area contributed by atoms with Crippen LogP contribution in [-0.2, 0) is 0 Å². The molecule has 0 aliphatic heterocycles. The van der Waals surface area contributed by atoms with Gasteiger partial charge in [0, 0.05) is 18.4 Å². The van der Waals surface area contributed by atoms with Crippen molar-refractivity contribution in [2.75, 3.05) is 0 Å². The van der Waals surface area contributed by atoms with E-state index in [1.807, 2.05) is 0 Å². The number of rotatable bonds is 4. The van der Waals surface area contributed by atoms with Crippen LogP contribution < -0.4 is 5.32 Å². The summed E-state index contributed by atoms with van der Waals surface area (Å²) in [6.45, 7) is 1.69. The first kappa shape index (κ1) is 14.5. The second-order valence-corrected chi connectivity index (χ2v) is 4.56. The first-order chi connectivity index (χ1) is 9.48. The van der Waals surface area contributed by atoms with Crippen LogP contribution in [-0.4, -0.2) is 11.2 Å². The molecular weight excluding hydrogens is 265 g/mol. The second-order valence-electron chi connectivity index (χ2n) is 4.56. The van der Waals surface area contributed by atoms with Crippen molar-refractivity contribution in [3.05, 3.63) is 66.0 Å². The van der Waals surface area contributed by atoms with Crippen molar-refractivity contribution in [2.24, 2.45) is 0 Å². The van der Waals surface area contributed by atoms with Crippen LogP contribution in [0, 0.1) is 0 Å². The quantitative estimate of drug-likeness (QED) is 0.914. The van der Waals surface area contributed by atoms with Crippen molar-refractivity contribution in [2.45, 2.75) is 25.2 Å². The summed E-state index contributed by atoms with van der Waals surface area (Å²) in [6.07, 6.45) is -1.19. The molecule has 2 aromatic rings. The van der Waals surface area contributed by atoms with Gasteiger partial charge in [0.2, 0.25) is 0 Å². The Morgan fingerprint density at radius 1 is 1.00 bits per heavy atom. The number of nitrogens with one attached hydrogen (secondary N) is 1. The average Bonchev–Trinajstić information content (AvgIpc) is 2.45. The molecule has 1 aromatic carbocycles. The third kappa shape index (κ3) is 3.57. The van der Waals surface area contributed by atoms with Gasteiger partial charge in [0.15, 0.2) is 0 Å². The van der Waals surface area contributed by atoms with Gasteiger partial charge in [-0.15, -0.1) is 0 Å². The van der Waals surface area contributed by atoms with Crippen LogP contribution >= 0.6 is 0 Å². The summed E-state index contributed by atoms with van der Waals surface area (Å²) in [5.74, 6) is 0. The Bertz CT molecular complexity index is 526. The minimum absolute atomic E-state index is 0.204. The zero-order valence-electron chi connectivity index (χ0n) is 10.9. The van der Waals surface area contributed by atoms with E-state index in [1.165, 1.54) is 12.1 Å². The Kier molecular flexibility index (Phi) is 4.39. The van der Waals surface area contributed by atoms with Gasteiger partial charge >= 0.3 is 6.18 Å². The Morgan fingerprint density at radius 3 is 2.20 bits per heavy atom. The van der Waals surface area contributed by atoms with E-state index in [0.29, 0.717) is 0 Å². The normalized spacial score (nSPS) is 14.8. The van der Waals surface area contributed by atoms with Gasteiger partial charge in [-0.05, 0) is 24.1 Å². The summed E-state index contributed by atoms with van der Waals surface area (Å²) < 4.78 is 39.6. The average molecular weight is 280 g/mol. The fourth-order valence-corrected chi connectivity index (χ4v) is 2.00. The van der Waals surface area contributed by atoms with E-state index in [0.717, 1.165) is 5.56 Å². The van der Waals surface area contributed by atoms with Crippen LogP contribution in [0.5, 0.6) is 0 Å². The minimum Gasteiger partial charge on any atom is -0.296 e. The van der Waals surface area contributed by atoms with Crippen LogP contribution in [0.3, 0.4) is 0 Å². The molecule has 2 rings (SSSR count). The summed E-state index contributed by atoms with van der Waals surface area (Å²) in [7, 11) is 0. The molecule has 1 aromatic heterocycles. The molecule has 1 heterocycles. The lowest BCUT2D eigenvalue weighted by molar-refractivity contribution is -0.159. The fraction of sp³-hybridized carbons (Fsp3) is 0.267. The van der Waals surface area contributed by atoms with E-state index in [2.05, 4.69) is 10.3 Å². The van der Waals surface area contributed by atoms with Gasteiger partial charge in [0.05, 0.1) is 0 Å². The lowest BCUT2D eigenvalue weighted by Crippen LogP contribution is -2.35. The van der Waals surface area contributed by atoms with Gasteiger partial charge in [-0.25, -0.2) is 0 Å². The minimum atomic E-state index is -4.35. The Hall–Kier alpha value is -1.88. The lowest BCUT2D eigenvalue weighted by atomic mass is 10.0. The molecule has 0 amide bonds. The van der Waals surface area contributed by atoms with Crippen LogP contribution in [0.2, 0.25) is 0 Å². The van der Waals surface area contributed by atoms with Gasteiger partial charge in [-0.3, -0.25) is 10.3 Å². The molecule has 0 bridgehead atoms. The molecule has 0 saturated carbocycles. The maximum Gasteiger partial charge on any atom is 0.407 e. The van der Waals surface area contributed by atoms with Crippen LogP contribution in [0.1, 0.15) is 30.1 Å². The zero-order chi connectivity index (χ0) is 14.6. The highest BCUT2D eigenvalue weighted by atomic mass is 19.4. The molecule has 0 fully saturated rings. The van der Waals surface area contributed by atoms with E-state index in [9.17, 15) is 13.2 Å². The van der Waals surface area contributed by atoms with Gasteiger partial charge in [0.25, 0.3) is 0 Å². The van der Waals surface area contributed by atoms with E-state index >= 15 is 0 Å². The van der Waals surface area contributed by atoms with E-state index < -0.39 is 18.3 Å². The van der Waals surface area contributed by atoms with Crippen molar-refractivity contribution in [3.63, 3.8) is 0 Å². The predicted molar refractivity (Wildman–Crippen MR) is 71.0 cm³/mol. The molecule has 2 atom stereocenters. The van der Waals surface area contributed by atoms with Crippen LogP contribution in [0.25, 0.3) is 0 Å². The first-order valence-corrected chi connectivity index (χ1v) is 6.26. The summed E-state index contributed by atoms with van der Waals surface area (Å²) in [5.41, 5.74) is 0.924. The summed E-state index contributed by atoms with van der Waals surface area (Å²) in [6, 6.07) is 9.16. The molecule has 0 radical (unpaired) electrons. The smallest absolute Gasteiger partial charge is 0.296 e. The third-order valence-electron chi connectivity index (χ3n) is 3.06. The van der Waals surface area contributed by atoms with Gasteiger partial charge in [-0.2, -0.15) is 13.2 Å². The van der Waals surface area contributed by atoms with E-state index in [1.54, 1.807) is 49.6 Å². The fourth-order valence-electron chi connectivity index (χ4n) is 2.00. The summed E-state index contributed by atoms with van der Waals surface area (Å²) in [5, 5.41) is 2.62. The molecule has 1 unspecified atom stereocenters.